The van der Waals surface area contributed by atoms with Gasteiger partial charge in [0.25, 0.3) is 0 Å². The molecule has 0 radical (unpaired) electrons. The molecule has 3 heterocycles. The highest BCUT2D eigenvalue weighted by molar-refractivity contribution is 7.15. The van der Waals surface area contributed by atoms with Crippen LogP contribution in [0.5, 0.6) is 0 Å². The molecule has 0 saturated carbocycles. The molecule has 1 aliphatic rings. The lowest BCUT2D eigenvalue weighted by Gasteiger charge is -2.20. The second kappa shape index (κ2) is 7.56. The Labute approximate surface area is 162 Å². The minimum Gasteiger partial charge on any atom is -0.352 e. The summed E-state index contributed by atoms with van der Waals surface area (Å²) < 4.78 is 0. The highest BCUT2D eigenvalue weighted by Gasteiger charge is 2.27. The van der Waals surface area contributed by atoms with E-state index in [1.54, 1.807) is 23.7 Å². The second-order valence-corrected chi connectivity index (χ2v) is 8.11. The Hall–Kier alpha value is -2.60. The molecule has 3 aromatic heterocycles. The van der Waals surface area contributed by atoms with Crippen LogP contribution < -0.4 is 5.32 Å². The third-order valence-electron chi connectivity index (χ3n) is 5.10. The lowest BCUT2D eigenvalue weighted by molar-refractivity contribution is -0.125. The van der Waals surface area contributed by atoms with Gasteiger partial charge in [0.15, 0.2) is 0 Å². The minimum absolute atomic E-state index is 0.00982. The van der Waals surface area contributed by atoms with Crippen molar-refractivity contribution >= 4 is 17.2 Å². The Kier molecular flexibility index (Phi) is 4.99. The predicted octanol–water partition coefficient (Wildman–Crippen LogP) is 3.64. The Bertz CT molecular complexity index is 968. The van der Waals surface area contributed by atoms with Crippen LogP contribution in [-0.2, 0) is 24.2 Å². The molecule has 3 aromatic rings. The first kappa shape index (κ1) is 17.8. The third-order valence-corrected chi connectivity index (χ3v) is 6.31. The molecule has 6 heteroatoms. The molecule has 0 aromatic carbocycles. The summed E-state index contributed by atoms with van der Waals surface area (Å²) in [7, 11) is 0. The number of pyridine rings is 2. The Morgan fingerprint density at radius 3 is 2.89 bits per heavy atom. The van der Waals surface area contributed by atoms with Gasteiger partial charge in [-0.05, 0) is 49.9 Å². The van der Waals surface area contributed by atoms with Gasteiger partial charge in [0, 0.05) is 53.6 Å². The van der Waals surface area contributed by atoms with E-state index in [2.05, 4.69) is 21.4 Å². The summed E-state index contributed by atoms with van der Waals surface area (Å²) in [5.41, 5.74) is 5.38. The van der Waals surface area contributed by atoms with Gasteiger partial charge in [-0.25, -0.2) is 4.98 Å². The van der Waals surface area contributed by atoms with Crippen LogP contribution in [0.2, 0.25) is 0 Å². The number of hydrogen-bond acceptors (Lipinski definition) is 5. The molecular formula is C21H22N4OS. The molecule has 1 unspecified atom stereocenters. The summed E-state index contributed by atoms with van der Waals surface area (Å²) >= 11 is 1.74. The summed E-state index contributed by atoms with van der Waals surface area (Å²) in [6.45, 7) is 4.56. The molecule has 0 saturated heterocycles. The number of carbonyl (C=O) groups is 1. The van der Waals surface area contributed by atoms with Crippen molar-refractivity contribution in [1.29, 1.82) is 0 Å². The normalized spacial score (nSPS) is 16.0. The van der Waals surface area contributed by atoms with Crippen LogP contribution in [0.1, 0.15) is 33.8 Å². The van der Waals surface area contributed by atoms with Gasteiger partial charge >= 0.3 is 0 Å². The largest absolute Gasteiger partial charge is 0.352 e. The predicted molar refractivity (Wildman–Crippen MR) is 106 cm³/mol. The fourth-order valence-corrected chi connectivity index (χ4v) is 4.46. The molecule has 5 nitrogen and oxygen atoms in total. The first-order chi connectivity index (χ1) is 13.1. The van der Waals surface area contributed by atoms with Crippen molar-refractivity contribution in [2.75, 3.05) is 0 Å². The highest BCUT2D eigenvalue weighted by atomic mass is 32.1. The summed E-state index contributed by atoms with van der Waals surface area (Å²) in [6, 6.07) is 6.04. The van der Waals surface area contributed by atoms with E-state index in [4.69, 9.17) is 4.98 Å². The highest BCUT2D eigenvalue weighted by Crippen LogP contribution is 2.34. The number of thiazole rings is 1. The van der Waals surface area contributed by atoms with Gasteiger partial charge in [0.05, 0.1) is 5.69 Å². The molecule has 1 N–H and O–H groups in total. The quantitative estimate of drug-likeness (QED) is 0.753. The van der Waals surface area contributed by atoms with E-state index in [0.717, 1.165) is 45.9 Å². The maximum Gasteiger partial charge on any atom is 0.223 e. The van der Waals surface area contributed by atoms with Gasteiger partial charge in [-0.15, -0.1) is 11.3 Å². The average Bonchev–Trinajstić information content (AvgIpc) is 3.12. The molecule has 0 bridgehead atoms. The van der Waals surface area contributed by atoms with E-state index in [9.17, 15) is 4.79 Å². The van der Waals surface area contributed by atoms with Gasteiger partial charge in [-0.2, -0.15) is 0 Å². The maximum atomic E-state index is 12.6. The first-order valence-electron chi connectivity index (χ1n) is 9.19. The van der Waals surface area contributed by atoms with Crippen molar-refractivity contribution in [3.63, 3.8) is 0 Å². The summed E-state index contributed by atoms with van der Waals surface area (Å²) in [6.07, 6.45) is 7.92. The Morgan fingerprint density at radius 1 is 1.30 bits per heavy atom. The SMILES string of the molecule is Cc1cc(CNC(=O)C2CCc3sc(-c4ccncc4)nc3C2)cnc1C. The molecule has 1 amide bonds. The van der Waals surface area contributed by atoms with E-state index in [0.29, 0.717) is 13.0 Å². The van der Waals surface area contributed by atoms with E-state index in [1.807, 2.05) is 32.2 Å². The van der Waals surface area contributed by atoms with Crippen LogP contribution in [0.25, 0.3) is 10.6 Å². The molecule has 1 atom stereocenters. The van der Waals surface area contributed by atoms with Gasteiger partial charge in [-0.3, -0.25) is 14.8 Å². The zero-order valence-corrected chi connectivity index (χ0v) is 16.3. The average molecular weight is 379 g/mol. The summed E-state index contributed by atoms with van der Waals surface area (Å²) in [5, 5.41) is 4.09. The van der Waals surface area contributed by atoms with Gasteiger partial charge < -0.3 is 5.32 Å². The smallest absolute Gasteiger partial charge is 0.223 e. The van der Waals surface area contributed by atoms with E-state index >= 15 is 0 Å². The molecule has 4 rings (SSSR count). The summed E-state index contributed by atoms with van der Waals surface area (Å²) in [5.74, 6) is 0.0988. The number of hydrogen-bond donors (Lipinski definition) is 1. The number of nitrogens with zero attached hydrogens (tertiary/aromatic N) is 3. The number of carbonyl (C=O) groups excluding carboxylic acids is 1. The molecule has 1 aliphatic carbocycles. The molecular weight excluding hydrogens is 356 g/mol. The Morgan fingerprint density at radius 2 is 2.11 bits per heavy atom. The molecule has 0 aliphatic heterocycles. The zero-order valence-electron chi connectivity index (χ0n) is 15.5. The van der Waals surface area contributed by atoms with Crippen LogP contribution in [0.15, 0.2) is 36.8 Å². The zero-order chi connectivity index (χ0) is 18.8. The van der Waals surface area contributed by atoms with Crippen LogP contribution in [-0.4, -0.2) is 20.9 Å². The summed E-state index contributed by atoms with van der Waals surface area (Å²) in [4.78, 5) is 27.2. The van der Waals surface area contributed by atoms with E-state index in [-0.39, 0.29) is 11.8 Å². The van der Waals surface area contributed by atoms with Crippen LogP contribution in [0.4, 0.5) is 0 Å². The van der Waals surface area contributed by atoms with Crippen molar-refractivity contribution in [3.8, 4) is 10.6 Å². The fourth-order valence-electron chi connectivity index (χ4n) is 3.35. The van der Waals surface area contributed by atoms with Crippen molar-refractivity contribution < 1.29 is 4.79 Å². The molecule has 0 spiro atoms. The van der Waals surface area contributed by atoms with Crippen molar-refractivity contribution in [3.05, 3.63) is 64.2 Å². The Balaban J connectivity index is 1.41. The second-order valence-electron chi connectivity index (χ2n) is 7.03. The van der Waals surface area contributed by atoms with E-state index < -0.39 is 0 Å². The maximum absolute atomic E-state index is 12.6. The van der Waals surface area contributed by atoms with Crippen LogP contribution in [0.3, 0.4) is 0 Å². The van der Waals surface area contributed by atoms with E-state index in [1.165, 1.54) is 4.88 Å². The van der Waals surface area contributed by atoms with Gasteiger partial charge in [0.1, 0.15) is 5.01 Å². The van der Waals surface area contributed by atoms with Crippen molar-refractivity contribution in [2.24, 2.45) is 5.92 Å². The van der Waals surface area contributed by atoms with Gasteiger partial charge in [0.2, 0.25) is 5.91 Å². The monoisotopic (exact) mass is 378 g/mol. The van der Waals surface area contributed by atoms with Gasteiger partial charge in [-0.1, -0.05) is 6.07 Å². The number of aromatic nitrogens is 3. The number of fused-ring (bicyclic) bond motifs is 1. The number of amides is 1. The minimum atomic E-state index is -0.00982. The lowest BCUT2D eigenvalue weighted by Crippen LogP contribution is -2.33. The van der Waals surface area contributed by atoms with Crippen molar-refractivity contribution in [2.45, 2.75) is 39.7 Å². The number of nitrogens with one attached hydrogen (secondary N) is 1. The number of rotatable bonds is 4. The topological polar surface area (TPSA) is 67.8 Å². The fraction of sp³-hybridized carbons (Fsp3) is 0.333. The standard InChI is InChI=1S/C21H22N4OS/c1-13-9-15(11-23-14(13)2)12-24-20(26)17-3-4-19-18(10-17)25-21(27-19)16-5-7-22-8-6-16/h5-9,11,17H,3-4,10,12H2,1-2H3,(H,24,26). The lowest BCUT2D eigenvalue weighted by atomic mass is 9.90. The first-order valence-corrected chi connectivity index (χ1v) is 10.0. The number of aryl methyl sites for hydroxylation is 3. The van der Waals surface area contributed by atoms with Crippen molar-refractivity contribution in [1.82, 2.24) is 20.3 Å². The van der Waals surface area contributed by atoms with Crippen LogP contribution in [0, 0.1) is 19.8 Å². The molecule has 138 valence electrons. The molecule has 0 fully saturated rings. The van der Waals surface area contributed by atoms with Crippen LogP contribution >= 0.6 is 11.3 Å². The molecule has 27 heavy (non-hydrogen) atoms. The third kappa shape index (κ3) is 3.90.